The van der Waals surface area contributed by atoms with Gasteiger partial charge in [-0.05, 0) is 31.2 Å². The van der Waals surface area contributed by atoms with E-state index in [0.717, 1.165) is 0 Å². The van der Waals surface area contributed by atoms with Gasteiger partial charge >= 0.3 is 5.97 Å². The molecule has 0 aliphatic rings. The lowest BCUT2D eigenvalue weighted by molar-refractivity contribution is 0.0522. The molecule has 8 heteroatoms. The van der Waals surface area contributed by atoms with Crippen molar-refractivity contribution in [2.75, 3.05) is 18.5 Å². The van der Waals surface area contributed by atoms with Gasteiger partial charge in [-0.25, -0.2) is 18.4 Å². The number of carbonyl (C=O) groups is 1. The highest BCUT2D eigenvalue weighted by atomic mass is 32.2. The van der Waals surface area contributed by atoms with Gasteiger partial charge in [-0.15, -0.1) is 6.42 Å². The molecule has 0 unspecified atom stereocenters. The highest BCUT2D eigenvalue weighted by molar-refractivity contribution is 7.89. The Labute approximate surface area is 152 Å². The van der Waals surface area contributed by atoms with Gasteiger partial charge in [0.05, 0.1) is 24.4 Å². The van der Waals surface area contributed by atoms with Crippen molar-refractivity contribution in [1.29, 1.82) is 0 Å². The fourth-order valence-electron chi connectivity index (χ4n) is 2.24. The number of benzene rings is 2. The Bertz CT molecular complexity index is 934. The van der Waals surface area contributed by atoms with E-state index in [1.54, 1.807) is 31.2 Å². The number of anilines is 1. The minimum Gasteiger partial charge on any atom is -0.462 e. The van der Waals surface area contributed by atoms with Crippen LogP contribution in [-0.2, 0) is 14.8 Å². The van der Waals surface area contributed by atoms with Crippen LogP contribution in [0.4, 0.5) is 5.69 Å². The molecule has 0 heterocycles. The van der Waals surface area contributed by atoms with Gasteiger partial charge in [0, 0.05) is 0 Å². The molecule has 3 N–H and O–H groups in total. The third kappa shape index (κ3) is 4.53. The summed E-state index contributed by atoms with van der Waals surface area (Å²) in [7, 11) is -4.28. The molecule has 26 heavy (non-hydrogen) atoms. The highest BCUT2D eigenvalue weighted by Crippen LogP contribution is 2.37. The van der Waals surface area contributed by atoms with Crippen molar-refractivity contribution in [3.8, 4) is 23.8 Å². The fourth-order valence-corrected chi connectivity index (χ4v) is 3.15. The van der Waals surface area contributed by atoms with Gasteiger partial charge in [0.2, 0.25) is 10.0 Å². The molecule has 2 aromatic carbocycles. The smallest absolute Gasteiger partial charge is 0.339 e. The first-order valence-corrected chi connectivity index (χ1v) is 9.20. The third-order valence-corrected chi connectivity index (χ3v) is 4.23. The summed E-state index contributed by atoms with van der Waals surface area (Å²) in [6.07, 6.45) is 5.26. The van der Waals surface area contributed by atoms with E-state index in [1.807, 2.05) is 6.07 Å². The monoisotopic (exact) mass is 374 g/mol. The summed E-state index contributed by atoms with van der Waals surface area (Å²) < 4.78 is 35.0. The summed E-state index contributed by atoms with van der Waals surface area (Å²) in [5.41, 5.74) is -0.200. The summed E-state index contributed by atoms with van der Waals surface area (Å²) in [6.45, 7) is 1.69. The zero-order valence-electron chi connectivity index (χ0n) is 14.1. The number of rotatable bonds is 7. The number of nitrogens with one attached hydrogen (secondary N) is 1. The summed E-state index contributed by atoms with van der Waals surface area (Å²) in [4.78, 5) is 11.7. The molecule has 0 saturated carbocycles. The average Bonchev–Trinajstić information content (AvgIpc) is 2.60. The molecule has 0 aromatic heterocycles. The molecule has 0 radical (unpaired) electrons. The van der Waals surface area contributed by atoms with Gasteiger partial charge in [-0.1, -0.05) is 24.1 Å². The zero-order valence-corrected chi connectivity index (χ0v) is 14.9. The van der Waals surface area contributed by atoms with Gasteiger partial charge in [-0.2, -0.15) is 0 Å². The van der Waals surface area contributed by atoms with Crippen LogP contribution >= 0.6 is 0 Å². The summed E-state index contributed by atoms with van der Waals surface area (Å²) in [6, 6.07) is 11.5. The second kappa shape index (κ2) is 8.38. The van der Waals surface area contributed by atoms with E-state index in [-0.39, 0.29) is 30.2 Å². The van der Waals surface area contributed by atoms with E-state index in [0.29, 0.717) is 5.75 Å². The number of ether oxygens (including phenoxy) is 2. The Morgan fingerprint density at radius 2 is 1.92 bits per heavy atom. The van der Waals surface area contributed by atoms with Crippen molar-refractivity contribution in [1.82, 2.24) is 0 Å². The first-order valence-electron chi connectivity index (χ1n) is 7.65. The Morgan fingerprint density at radius 1 is 1.23 bits per heavy atom. The molecule has 2 aromatic rings. The van der Waals surface area contributed by atoms with Crippen LogP contribution in [0.5, 0.6) is 11.5 Å². The summed E-state index contributed by atoms with van der Waals surface area (Å²) in [5.74, 6) is 2.16. The highest BCUT2D eigenvalue weighted by Gasteiger charge is 2.27. The molecule has 2 rings (SSSR count). The lowest BCUT2D eigenvalue weighted by atomic mass is 10.1. The van der Waals surface area contributed by atoms with Crippen LogP contribution in [0, 0.1) is 12.3 Å². The van der Waals surface area contributed by atoms with Crippen LogP contribution in [0.2, 0.25) is 0 Å². The number of carbonyl (C=O) groups excluding carboxylic acids is 1. The van der Waals surface area contributed by atoms with Crippen molar-refractivity contribution in [3.05, 3.63) is 48.0 Å². The molecule has 0 saturated heterocycles. The van der Waals surface area contributed by atoms with Crippen LogP contribution in [0.15, 0.2) is 47.4 Å². The normalized spacial score (nSPS) is 10.7. The number of primary sulfonamides is 1. The number of esters is 1. The maximum Gasteiger partial charge on any atom is 0.339 e. The minimum atomic E-state index is -4.28. The number of para-hydroxylation sites is 1. The van der Waals surface area contributed by atoms with Gasteiger partial charge in [-0.3, -0.25) is 0 Å². The SMILES string of the molecule is C#CCNc1c(Oc2ccccc2)ccc(C(=O)OCC)c1S(N)(=O)=O. The first-order chi connectivity index (χ1) is 12.4. The Hall–Kier alpha value is -3.02. The molecule has 0 amide bonds. The topological polar surface area (TPSA) is 108 Å². The Morgan fingerprint density at radius 3 is 2.50 bits per heavy atom. The van der Waals surface area contributed by atoms with Crippen molar-refractivity contribution in [2.45, 2.75) is 11.8 Å². The number of terminal acetylenes is 1. The molecule has 0 aliphatic carbocycles. The maximum atomic E-state index is 12.2. The van der Waals surface area contributed by atoms with Gasteiger partial charge in [0.1, 0.15) is 10.6 Å². The molecule has 0 bridgehead atoms. The minimum absolute atomic E-state index is 0.0000512. The Balaban J connectivity index is 2.65. The van der Waals surface area contributed by atoms with Gasteiger partial charge in [0.25, 0.3) is 0 Å². The summed E-state index contributed by atoms with van der Waals surface area (Å²) >= 11 is 0. The van der Waals surface area contributed by atoms with Crippen LogP contribution in [0.1, 0.15) is 17.3 Å². The molecule has 0 atom stereocenters. The van der Waals surface area contributed by atoms with Gasteiger partial charge in [0.15, 0.2) is 5.75 Å². The number of hydrogen-bond donors (Lipinski definition) is 2. The predicted molar refractivity (Wildman–Crippen MR) is 97.6 cm³/mol. The van der Waals surface area contributed by atoms with Crippen molar-refractivity contribution >= 4 is 21.7 Å². The second-order valence-corrected chi connectivity index (χ2v) is 6.55. The zero-order chi connectivity index (χ0) is 19.2. The van der Waals surface area contributed by atoms with Crippen molar-refractivity contribution < 1.29 is 22.7 Å². The summed E-state index contributed by atoms with van der Waals surface area (Å²) in [5, 5.41) is 8.11. The molecule has 0 aliphatic heterocycles. The standard InChI is InChI=1S/C18H18N2O5S/c1-3-12-20-16-15(25-13-8-6-5-7-9-13)11-10-14(18(21)24-4-2)17(16)26(19,22)23/h1,5-11,20H,4,12H2,2H3,(H2,19,22,23). The molecule has 0 spiro atoms. The number of nitrogens with two attached hydrogens (primary N) is 1. The largest absolute Gasteiger partial charge is 0.462 e. The van der Waals surface area contributed by atoms with E-state index in [2.05, 4.69) is 11.2 Å². The van der Waals surface area contributed by atoms with Crippen LogP contribution < -0.4 is 15.2 Å². The van der Waals surface area contributed by atoms with Crippen molar-refractivity contribution in [2.24, 2.45) is 5.14 Å². The Kier molecular flexibility index (Phi) is 6.22. The first kappa shape index (κ1) is 19.3. The van der Waals surface area contributed by atoms with Gasteiger partial charge < -0.3 is 14.8 Å². The van der Waals surface area contributed by atoms with E-state index in [9.17, 15) is 13.2 Å². The number of sulfonamides is 1. The molecule has 0 fully saturated rings. The molecule has 136 valence electrons. The average molecular weight is 374 g/mol. The molecular formula is C18H18N2O5S. The van der Waals surface area contributed by atoms with Crippen LogP contribution in [0.3, 0.4) is 0 Å². The fraction of sp³-hybridized carbons (Fsp3) is 0.167. The second-order valence-electron chi connectivity index (χ2n) is 5.05. The van der Waals surface area contributed by atoms with E-state index in [1.165, 1.54) is 12.1 Å². The quantitative estimate of drug-likeness (QED) is 0.569. The number of hydrogen-bond acceptors (Lipinski definition) is 6. The lowest BCUT2D eigenvalue weighted by Crippen LogP contribution is -2.21. The van der Waals surface area contributed by atoms with E-state index >= 15 is 0 Å². The van der Waals surface area contributed by atoms with Crippen LogP contribution in [-0.4, -0.2) is 27.5 Å². The van der Waals surface area contributed by atoms with E-state index in [4.69, 9.17) is 21.0 Å². The van der Waals surface area contributed by atoms with Crippen LogP contribution in [0.25, 0.3) is 0 Å². The molecular weight excluding hydrogens is 356 g/mol. The lowest BCUT2D eigenvalue weighted by Gasteiger charge is -2.17. The molecule has 7 nitrogen and oxygen atoms in total. The third-order valence-electron chi connectivity index (χ3n) is 3.24. The van der Waals surface area contributed by atoms with Crippen molar-refractivity contribution in [3.63, 3.8) is 0 Å². The van der Waals surface area contributed by atoms with E-state index < -0.39 is 20.9 Å². The maximum absolute atomic E-state index is 12.2. The predicted octanol–water partition coefficient (Wildman–Crippen LogP) is 2.35.